The predicted molar refractivity (Wildman–Crippen MR) is 40.3 cm³/mol. The Balaban J connectivity index is 2.46. The first kappa shape index (κ1) is 9.19. The highest BCUT2D eigenvalue weighted by atomic mass is 16.8. The van der Waals surface area contributed by atoms with Crippen molar-refractivity contribution in [3.8, 4) is 0 Å². The maximum absolute atomic E-state index is 11.0. The lowest BCUT2D eigenvalue weighted by Gasteiger charge is -2.14. The SMILES string of the molecule is CC1(C)OC(=O)C(CCC=O)O1. The number of esters is 1. The maximum Gasteiger partial charge on any atom is 0.337 e. The summed E-state index contributed by atoms with van der Waals surface area (Å²) in [4.78, 5) is 21.1. The van der Waals surface area contributed by atoms with E-state index in [4.69, 9.17) is 9.47 Å². The van der Waals surface area contributed by atoms with E-state index in [-0.39, 0.29) is 5.97 Å². The van der Waals surface area contributed by atoms with E-state index in [9.17, 15) is 9.59 Å². The van der Waals surface area contributed by atoms with Gasteiger partial charge in [0.05, 0.1) is 0 Å². The van der Waals surface area contributed by atoms with E-state index in [0.717, 1.165) is 6.29 Å². The van der Waals surface area contributed by atoms with Gasteiger partial charge in [-0.2, -0.15) is 0 Å². The van der Waals surface area contributed by atoms with Gasteiger partial charge in [0.15, 0.2) is 6.10 Å². The van der Waals surface area contributed by atoms with Crippen LogP contribution in [0.25, 0.3) is 0 Å². The van der Waals surface area contributed by atoms with Crippen molar-refractivity contribution in [2.45, 2.75) is 38.6 Å². The minimum Gasteiger partial charge on any atom is -0.432 e. The van der Waals surface area contributed by atoms with E-state index >= 15 is 0 Å². The molecule has 1 saturated heterocycles. The molecule has 4 nitrogen and oxygen atoms in total. The standard InChI is InChI=1S/C8H12O4/c1-8(2)11-6(4-3-5-9)7(10)12-8/h5-6H,3-4H2,1-2H3. The fraction of sp³-hybridized carbons (Fsp3) is 0.750. The molecule has 1 aliphatic heterocycles. The Morgan fingerprint density at radius 3 is 2.67 bits per heavy atom. The molecular weight excluding hydrogens is 160 g/mol. The van der Waals surface area contributed by atoms with Crippen LogP contribution in [0.3, 0.4) is 0 Å². The Morgan fingerprint density at radius 2 is 2.25 bits per heavy atom. The van der Waals surface area contributed by atoms with Crippen molar-refractivity contribution in [1.82, 2.24) is 0 Å². The Hall–Kier alpha value is -0.900. The second-order valence-corrected chi connectivity index (χ2v) is 3.17. The van der Waals surface area contributed by atoms with Crippen molar-refractivity contribution in [3.05, 3.63) is 0 Å². The van der Waals surface area contributed by atoms with Crippen molar-refractivity contribution in [2.24, 2.45) is 0 Å². The van der Waals surface area contributed by atoms with Crippen LogP contribution >= 0.6 is 0 Å². The van der Waals surface area contributed by atoms with E-state index in [1.165, 1.54) is 0 Å². The Kier molecular flexibility index (Phi) is 2.47. The molecule has 0 radical (unpaired) electrons. The van der Waals surface area contributed by atoms with Crippen LogP contribution in [0.15, 0.2) is 0 Å². The van der Waals surface area contributed by atoms with Crippen molar-refractivity contribution < 1.29 is 19.1 Å². The van der Waals surface area contributed by atoms with Crippen LogP contribution in [0, 0.1) is 0 Å². The summed E-state index contributed by atoms with van der Waals surface area (Å²) in [6.07, 6.45) is 0.939. The summed E-state index contributed by atoms with van der Waals surface area (Å²) < 4.78 is 10.1. The Morgan fingerprint density at radius 1 is 1.58 bits per heavy atom. The van der Waals surface area contributed by atoms with Gasteiger partial charge in [0.25, 0.3) is 0 Å². The monoisotopic (exact) mass is 172 g/mol. The Bertz CT molecular complexity index is 197. The van der Waals surface area contributed by atoms with E-state index in [0.29, 0.717) is 12.8 Å². The van der Waals surface area contributed by atoms with Crippen LogP contribution in [0.5, 0.6) is 0 Å². The normalized spacial score (nSPS) is 26.8. The van der Waals surface area contributed by atoms with Gasteiger partial charge in [-0.1, -0.05) is 0 Å². The van der Waals surface area contributed by atoms with Crippen LogP contribution < -0.4 is 0 Å². The predicted octanol–water partition coefficient (Wildman–Crippen LogP) is 0.644. The van der Waals surface area contributed by atoms with Gasteiger partial charge >= 0.3 is 5.97 Å². The van der Waals surface area contributed by atoms with Gasteiger partial charge in [-0.15, -0.1) is 0 Å². The average Bonchev–Trinajstić information content (AvgIpc) is 2.20. The fourth-order valence-corrected chi connectivity index (χ4v) is 1.12. The zero-order chi connectivity index (χ0) is 9.19. The molecule has 0 saturated carbocycles. The number of hydrogen-bond acceptors (Lipinski definition) is 4. The zero-order valence-corrected chi connectivity index (χ0v) is 7.20. The van der Waals surface area contributed by atoms with Crippen molar-refractivity contribution in [1.29, 1.82) is 0 Å². The third-order valence-corrected chi connectivity index (χ3v) is 1.58. The molecule has 0 spiro atoms. The molecule has 68 valence electrons. The summed E-state index contributed by atoms with van der Waals surface area (Å²) in [7, 11) is 0. The molecule has 1 atom stereocenters. The molecule has 0 aromatic carbocycles. The van der Waals surface area contributed by atoms with E-state index in [1.807, 2.05) is 0 Å². The van der Waals surface area contributed by atoms with Crippen molar-refractivity contribution in [2.75, 3.05) is 0 Å². The third kappa shape index (κ3) is 2.04. The minimum absolute atomic E-state index is 0.329. The summed E-state index contributed by atoms with van der Waals surface area (Å²) in [5.74, 6) is -1.20. The van der Waals surface area contributed by atoms with Gasteiger partial charge in [-0.05, 0) is 6.42 Å². The van der Waals surface area contributed by atoms with Crippen LogP contribution in [0.1, 0.15) is 26.7 Å². The number of hydrogen-bond donors (Lipinski definition) is 0. The highest BCUT2D eigenvalue weighted by Crippen LogP contribution is 2.25. The summed E-state index contributed by atoms with van der Waals surface area (Å²) in [6, 6.07) is 0. The topological polar surface area (TPSA) is 52.6 Å². The lowest BCUT2D eigenvalue weighted by Crippen LogP contribution is -2.21. The van der Waals surface area contributed by atoms with E-state index in [1.54, 1.807) is 13.8 Å². The number of rotatable bonds is 3. The van der Waals surface area contributed by atoms with Crippen LogP contribution in [-0.4, -0.2) is 24.1 Å². The van der Waals surface area contributed by atoms with E-state index in [2.05, 4.69) is 0 Å². The van der Waals surface area contributed by atoms with Gasteiger partial charge in [0.2, 0.25) is 5.79 Å². The number of cyclic esters (lactones) is 1. The second-order valence-electron chi connectivity index (χ2n) is 3.17. The number of carbonyl (C=O) groups is 2. The lowest BCUT2D eigenvalue weighted by atomic mass is 10.2. The summed E-state index contributed by atoms with van der Waals surface area (Å²) in [5, 5.41) is 0. The molecule has 0 N–H and O–H groups in total. The van der Waals surface area contributed by atoms with Gasteiger partial charge in [0.1, 0.15) is 6.29 Å². The largest absolute Gasteiger partial charge is 0.432 e. The first-order chi connectivity index (χ1) is 5.55. The van der Waals surface area contributed by atoms with Gasteiger partial charge < -0.3 is 14.3 Å². The molecule has 1 aliphatic rings. The smallest absolute Gasteiger partial charge is 0.337 e. The number of aldehydes is 1. The molecule has 0 amide bonds. The lowest BCUT2D eigenvalue weighted by molar-refractivity contribution is -0.161. The quantitative estimate of drug-likeness (QED) is 0.463. The highest BCUT2D eigenvalue weighted by Gasteiger charge is 2.40. The van der Waals surface area contributed by atoms with E-state index < -0.39 is 11.9 Å². The first-order valence-electron chi connectivity index (χ1n) is 3.89. The first-order valence-corrected chi connectivity index (χ1v) is 3.89. The molecule has 12 heavy (non-hydrogen) atoms. The van der Waals surface area contributed by atoms with Crippen molar-refractivity contribution in [3.63, 3.8) is 0 Å². The van der Waals surface area contributed by atoms with Gasteiger partial charge in [-0.25, -0.2) is 4.79 Å². The van der Waals surface area contributed by atoms with Gasteiger partial charge in [0, 0.05) is 20.3 Å². The summed E-state index contributed by atoms with van der Waals surface area (Å²) in [6.45, 7) is 3.34. The van der Waals surface area contributed by atoms with Gasteiger partial charge in [-0.3, -0.25) is 0 Å². The van der Waals surface area contributed by atoms with Crippen molar-refractivity contribution >= 4 is 12.3 Å². The Labute approximate surface area is 70.8 Å². The average molecular weight is 172 g/mol. The maximum atomic E-state index is 11.0. The molecule has 1 fully saturated rings. The molecular formula is C8H12O4. The molecule has 1 rings (SSSR count). The highest BCUT2D eigenvalue weighted by molar-refractivity contribution is 5.76. The third-order valence-electron chi connectivity index (χ3n) is 1.58. The molecule has 0 aromatic heterocycles. The summed E-state index contributed by atoms with van der Waals surface area (Å²) in [5.41, 5.74) is 0. The van der Waals surface area contributed by atoms with Crippen LogP contribution in [-0.2, 0) is 19.1 Å². The summed E-state index contributed by atoms with van der Waals surface area (Å²) >= 11 is 0. The molecule has 0 bridgehead atoms. The van der Waals surface area contributed by atoms with Crippen LogP contribution in [0.4, 0.5) is 0 Å². The van der Waals surface area contributed by atoms with Crippen LogP contribution in [0.2, 0.25) is 0 Å². The number of carbonyl (C=O) groups excluding carboxylic acids is 2. The molecule has 4 heteroatoms. The second kappa shape index (κ2) is 3.23. The molecule has 1 heterocycles. The molecule has 0 aromatic rings. The number of ether oxygens (including phenoxy) is 2. The molecule has 0 aliphatic carbocycles. The molecule has 1 unspecified atom stereocenters. The fourth-order valence-electron chi connectivity index (χ4n) is 1.12. The zero-order valence-electron chi connectivity index (χ0n) is 7.20. The minimum atomic E-state index is -0.829.